The topological polar surface area (TPSA) is 47.0 Å². The van der Waals surface area contributed by atoms with Gasteiger partial charge in [0, 0.05) is 19.6 Å². The lowest BCUT2D eigenvalue weighted by Gasteiger charge is -2.18. The first-order valence-corrected chi connectivity index (χ1v) is 7.90. The molecule has 0 spiro atoms. The van der Waals surface area contributed by atoms with Crippen LogP contribution in [0, 0.1) is 5.92 Å². The molecule has 1 aromatic rings. The molecule has 2 aliphatic carbocycles. The molecule has 0 aromatic carbocycles. The third-order valence-corrected chi connectivity index (χ3v) is 4.53. The highest BCUT2D eigenvalue weighted by Crippen LogP contribution is 2.46. The van der Waals surface area contributed by atoms with Gasteiger partial charge < -0.3 is 10.1 Å². The van der Waals surface area contributed by atoms with E-state index in [9.17, 15) is 0 Å². The summed E-state index contributed by atoms with van der Waals surface area (Å²) in [5.41, 5.74) is 1.15. The molecule has 0 radical (unpaired) electrons. The van der Waals surface area contributed by atoms with E-state index in [1.807, 2.05) is 14.0 Å². The number of halogens is 1. The van der Waals surface area contributed by atoms with Crippen molar-refractivity contribution in [3.63, 3.8) is 0 Å². The van der Waals surface area contributed by atoms with E-state index in [1.54, 1.807) is 0 Å². The molecule has 1 atom stereocenters. The molecule has 3 rings (SSSR count). The third kappa shape index (κ3) is 2.77. The molecule has 0 aliphatic heterocycles. The first kappa shape index (κ1) is 13.3. The van der Waals surface area contributed by atoms with Crippen molar-refractivity contribution in [2.24, 2.45) is 5.92 Å². The van der Waals surface area contributed by atoms with Crippen molar-refractivity contribution in [1.29, 1.82) is 0 Å². The molecule has 4 nitrogen and oxygen atoms in total. The Kier molecular flexibility index (Phi) is 3.76. The van der Waals surface area contributed by atoms with Gasteiger partial charge in [-0.2, -0.15) is 0 Å². The molecule has 2 fully saturated rings. The summed E-state index contributed by atoms with van der Waals surface area (Å²) in [7, 11) is 1.90. The van der Waals surface area contributed by atoms with Gasteiger partial charge in [-0.3, -0.25) is 0 Å². The molecule has 1 N–H and O–H groups in total. The van der Waals surface area contributed by atoms with Crippen LogP contribution in [0.1, 0.15) is 56.1 Å². The van der Waals surface area contributed by atoms with Gasteiger partial charge in [0.05, 0.1) is 10.2 Å². The Balaban J connectivity index is 1.97. The molecular formula is C14H20BrN3O. The second kappa shape index (κ2) is 5.37. The number of rotatable bonds is 6. The zero-order valence-corrected chi connectivity index (χ0v) is 13.0. The van der Waals surface area contributed by atoms with Gasteiger partial charge in [-0.1, -0.05) is 0 Å². The minimum atomic E-state index is 0.0719. The summed E-state index contributed by atoms with van der Waals surface area (Å²) in [5, 5.41) is 3.16. The van der Waals surface area contributed by atoms with Gasteiger partial charge in [0.1, 0.15) is 11.9 Å². The lowest BCUT2D eigenvalue weighted by Crippen LogP contribution is -2.14. The maximum atomic E-state index is 5.88. The van der Waals surface area contributed by atoms with Crippen LogP contribution < -0.4 is 5.32 Å². The first-order chi connectivity index (χ1) is 9.24. The second-order valence-corrected chi connectivity index (χ2v) is 6.16. The summed E-state index contributed by atoms with van der Waals surface area (Å²) in [6.07, 6.45) is 5.01. The van der Waals surface area contributed by atoms with Gasteiger partial charge in [-0.05, 0) is 54.5 Å². The highest BCUT2D eigenvalue weighted by molar-refractivity contribution is 9.10. The van der Waals surface area contributed by atoms with Gasteiger partial charge in [-0.25, -0.2) is 9.97 Å². The number of nitrogens with zero attached hydrogens (tertiary/aromatic N) is 2. The van der Waals surface area contributed by atoms with Crippen molar-refractivity contribution < 1.29 is 4.74 Å². The van der Waals surface area contributed by atoms with E-state index < -0.39 is 0 Å². The van der Waals surface area contributed by atoms with Crippen LogP contribution >= 0.6 is 15.9 Å². The molecule has 1 unspecified atom stereocenters. The van der Waals surface area contributed by atoms with Crippen molar-refractivity contribution in [3.8, 4) is 0 Å². The number of ether oxygens (including phenoxy) is 1. The van der Waals surface area contributed by atoms with E-state index >= 15 is 0 Å². The standard InChI is InChI=1S/C14H20BrN3O/c1-3-19-12(9-6-7-9)14-17-11(8-4-5-8)10(15)13(16-2)18-14/h8-9,12H,3-7H2,1-2H3,(H,16,17,18). The maximum Gasteiger partial charge on any atom is 0.160 e. The fraction of sp³-hybridized carbons (Fsp3) is 0.714. The second-order valence-electron chi connectivity index (χ2n) is 5.37. The minimum Gasteiger partial charge on any atom is -0.372 e. The Morgan fingerprint density at radius 2 is 2.05 bits per heavy atom. The molecule has 1 heterocycles. The fourth-order valence-electron chi connectivity index (χ4n) is 2.40. The van der Waals surface area contributed by atoms with Crippen molar-refractivity contribution >= 4 is 21.7 Å². The van der Waals surface area contributed by atoms with Crippen LogP contribution in [0.2, 0.25) is 0 Å². The monoisotopic (exact) mass is 325 g/mol. The van der Waals surface area contributed by atoms with E-state index in [-0.39, 0.29) is 6.10 Å². The summed E-state index contributed by atoms with van der Waals surface area (Å²) in [6.45, 7) is 2.75. The van der Waals surface area contributed by atoms with Crippen LogP contribution in [0.25, 0.3) is 0 Å². The third-order valence-electron chi connectivity index (χ3n) is 3.75. The lowest BCUT2D eigenvalue weighted by molar-refractivity contribution is 0.0399. The van der Waals surface area contributed by atoms with Crippen LogP contribution in [-0.4, -0.2) is 23.6 Å². The molecule has 0 bridgehead atoms. The molecular weight excluding hydrogens is 306 g/mol. The average molecular weight is 326 g/mol. The number of hydrogen-bond acceptors (Lipinski definition) is 4. The molecule has 19 heavy (non-hydrogen) atoms. The van der Waals surface area contributed by atoms with Crippen LogP contribution in [-0.2, 0) is 4.74 Å². The van der Waals surface area contributed by atoms with E-state index in [4.69, 9.17) is 9.72 Å². The van der Waals surface area contributed by atoms with Crippen molar-refractivity contribution in [1.82, 2.24) is 9.97 Å². The van der Waals surface area contributed by atoms with Crippen molar-refractivity contribution in [3.05, 3.63) is 16.0 Å². The Labute approximate surface area is 122 Å². The Morgan fingerprint density at radius 3 is 2.58 bits per heavy atom. The van der Waals surface area contributed by atoms with Gasteiger partial charge in [0.15, 0.2) is 5.82 Å². The van der Waals surface area contributed by atoms with E-state index in [0.717, 1.165) is 21.8 Å². The molecule has 0 saturated heterocycles. The van der Waals surface area contributed by atoms with Crippen LogP contribution in [0.5, 0.6) is 0 Å². The minimum absolute atomic E-state index is 0.0719. The highest BCUT2D eigenvalue weighted by Gasteiger charge is 2.37. The van der Waals surface area contributed by atoms with E-state index in [2.05, 4.69) is 26.2 Å². The summed E-state index contributed by atoms with van der Waals surface area (Å²) in [4.78, 5) is 9.45. The predicted octanol–water partition coefficient (Wildman–Crippen LogP) is 3.65. The van der Waals surface area contributed by atoms with Crippen molar-refractivity contribution in [2.75, 3.05) is 19.0 Å². The maximum absolute atomic E-state index is 5.88. The smallest absolute Gasteiger partial charge is 0.160 e. The largest absolute Gasteiger partial charge is 0.372 e. The molecule has 1 aromatic heterocycles. The first-order valence-electron chi connectivity index (χ1n) is 7.11. The van der Waals surface area contributed by atoms with Gasteiger partial charge >= 0.3 is 0 Å². The fourth-order valence-corrected chi connectivity index (χ4v) is 3.10. The zero-order valence-electron chi connectivity index (χ0n) is 11.4. The summed E-state index contributed by atoms with van der Waals surface area (Å²) in [6, 6.07) is 0. The lowest BCUT2D eigenvalue weighted by atomic mass is 10.2. The molecule has 2 saturated carbocycles. The highest BCUT2D eigenvalue weighted by atomic mass is 79.9. The molecule has 0 amide bonds. The Hall–Kier alpha value is -0.680. The summed E-state index contributed by atoms with van der Waals surface area (Å²) < 4.78 is 6.90. The van der Waals surface area contributed by atoms with Gasteiger partial charge in [0.2, 0.25) is 0 Å². The SMILES string of the molecule is CCOC(c1nc(NC)c(Br)c(C2CC2)n1)C1CC1. The molecule has 5 heteroatoms. The Bertz CT molecular complexity index is 472. The normalized spacial score (nSPS) is 20.4. The quantitative estimate of drug-likeness (QED) is 0.867. The molecule has 2 aliphatic rings. The van der Waals surface area contributed by atoms with Crippen LogP contribution in [0.3, 0.4) is 0 Å². The summed E-state index contributed by atoms with van der Waals surface area (Å²) >= 11 is 3.63. The number of nitrogens with one attached hydrogen (secondary N) is 1. The number of hydrogen-bond donors (Lipinski definition) is 1. The van der Waals surface area contributed by atoms with Crippen LogP contribution in [0.15, 0.2) is 4.47 Å². The van der Waals surface area contributed by atoms with Crippen LogP contribution in [0.4, 0.5) is 5.82 Å². The zero-order chi connectivity index (χ0) is 13.4. The number of anilines is 1. The summed E-state index contributed by atoms with van der Waals surface area (Å²) in [5.74, 6) is 2.96. The van der Waals surface area contributed by atoms with E-state index in [0.29, 0.717) is 18.4 Å². The van der Waals surface area contributed by atoms with Gasteiger partial charge in [-0.15, -0.1) is 0 Å². The molecule has 104 valence electrons. The Morgan fingerprint density at radius 1 is 1.32 bits per heavy atom. The predicted molar refractivity (Wildman–Crippen MR) is 78.3 cm³/mol. The number of aromatic nitrogens is 2. The van der Waals surface area contributed by atoms with E-state index in [1.165, 1.54) is 25.7 Å². The van der Waals surface area contributed by atoms with Crippen molar-refractivity contribution in [2.45, 2.75) is 44.6 Å². The average Bonchev–Trinajstić information content (AvgIpc) is 3.29. The van der Waals surface area contributed by atoms with Gasteiger partial charge in [0.25, 0.3) is 0 Å².